The molecule has 1 aromatic rings. The molecule has 0 unspecified atom stereocenters. The van der Waals surface area contributed by atoms with Crippen LogP contribution in [0.5, 0.6) is 0 Å². The van der Waals surface area contributed by atoms with Gasteiger partial charge >= 0.3 is 0 Å². The minimum atomic E-state index is -0.119. The second-order valence-electron chi connectivity index (χ2n) is 3.83. The van der Waals surface area contributed by atoms with Crippen LogP contribution in [0.3, 0.4) is 0 Å². The Hall–Kier alpha value is -2.39. The number of pyridine rings is 1. The Morgan fingerprint density at radius 1 is 0.773 bits per heavy atom. The van der Waals surface area contributed by atoms with Gasteiger partial charge in [-0.3, -0.25) is 0 Å². The smallest absolute Gasteiger partial charge is 0.211 e. The number of nitrogens with two attached hydrogens (primary N) is 4. The van der Waals surface area contributed by atoms with Crippen molar-refractivity contribution < 1.29 is 0 Å². The average molecular weight is 348 g/mol. The van der Waals surface area contributed by atoms with Gasteiger partial charge in [-0.25, -0.2) is 4.98 Å². The van der Waals surface area contributed by atoms with Gasteiger partial charge in [-0.05, 0) is 26.0 Å². The van der Waals surface area contributed by atoms with Gasteiger partial charge in [0.15, 0.2) is 0 Å². The average Bonchev–Trinajstić information content (AvgIpc) is 2.42. The van der Waals surface area contributed by atoms with Gasteiger partial charge in [0.05, 0.1) is 22.8 Å². The molecule has 8 N–H and O–H groups in total. The van der Waals surface area contributed by atoms with Crippen LogP contribution in [-0.4, -0.2) is 28.3 Å². The van der Waals surface area contributed by atoms with Crippen LogP contribution in [0.15, 0.2) is 38.6 Å². The normalized spacial score (nSPS) is 10.8. The lowest BCUT2D eigenvalue weighted by atomic mass is 10.2. The van der Waals surface area contributed by atoms with Crippen molar-refractivity contribution in [3.63, 3.8) is 0 Å². The first-order chi connectivity index (χ1) is 9.40. The minimum absolute atomic E-state index is 0. The van der Waals surface area contributed by atoms with Gasteiger partial charge in [0, 0.05) is 0 Å². The van der Waals surface area contributed by atoms with Gasteiger partial charge in [0.2, 0.25) is 11.9 Å². The first-order valence-corrected chi connectivity index (χ1v) is 5.64. The second kappa shape index (κ2) is 10.4. The maximum Gasteiger partial charge on any atom is 0.211 e. The molecule has 0 saturated heterocycles. The predicted molar refractivity (Wildman–Crippen MR) is 94.8 cm³/mol. The van der Waals surface area contributed by atoms with E-state index < -0.39 is 0 Å². The van der Waals surface area contributed by atoms with Crippen LogP contribution in [0.1, 0.15) is 25.2 Å². The van der Waals surface area contributed by atoms with Crippen LogP contribution in [0.4, 0.5) is 0 Å². The van der Waals surface area contributed by atoms with Crippen LogP contribution in [0.2, 0.25) is 0 Å². The Morgan fingerprint density at radius 3 is 1.45 bits per heavy atom. The number of hydrogen-bond acceptors (Lipinski definition) is 5. The molecule has 122 valence electrons. The summed E-state index contributed by atoms with van der Waals surface area (Å²) in [6, 6.07) is 5.36. The second-order valence-corrected chi connectivity index (χ2v) is 3.83. The third-order valence-electron chi connectivity index (χ3n) is 2.12. The van der Waals surface area contributed by atoms with Gasteiger partial charge in [0.1, 0.15) is 0 Å². The minimum Gasteiger partial charge on any atom is -0.369 e. The van der Waals surface area contributed by atoms with E-state index in [0.29, 0.717) is 22.8 Å². The highest BCUT2D eigenvalue weighted by atomic mass is 35.5. The highest BCUT2D eigenvalue weighted by molar-refractivity contribution is 6.01. The molecular formula is C11H19Cl2N9. The Bertz CT molecular complexity index is 550. The maximum atomic E-state index is 5.21. The molecule has 1 heterocycles. The molecule has 0 bridgehead atoms. The SMILES string of the molecule is CC(=NN=C(N)N)c1cccc(C(C)=NN=C(N)N)n1.Cl.Cl. The standard InChI is InChI=1S/C11H17N9.2ClH/c1-6(17-19-10(12)13)8-4-3-5-9(16-8)7(2)18-20-11(14)15;;/h3-5H,1-2H3,(H4,12,13,19)(H4,14,15,20);2*1H. The molecule has 0 spiro atoms. The van der Waals surface area contributed by atoms with E-state index in [1.165, 1.54) is 0 Å². The van der Waals surface area contributed by atoms with E-state index in [9.17, 15) is 0 Å². The van der Waals surface area contributed by atoms with Crippen molar-refractivity contribution in [1.29, 1.82) is 0 Å². The van der Waals surface area contributed by atoms with Gasteiger partial charge in [0.25, 0.3) is 0 Å². The molecule has 1 aromatic heterocycles. The summed E-state index contributed by atoms with van der Waals surface area (Å²) in [7, 11) is 0. The van der Waals surface area contributed by atoms with Gasteiger partial charge in [-0.15, -0.1) is 35.0 Å². The maximum absolute atomic E-state index is 5.21. The monoisotopic (exact) mass is 347 g/mol. The quantitative estimate of drug-likeness (QED) is 0.339. The fourth-order valence-corrected chi connectivity index (χ4v) is 1.21. The lowest BCUT2D eigenvalue weighted by molar-refractivity contribution is 1.15. The molecular weight excluding hydrogens is 329 g/mol. The molecule has 0 atom stereocenters. The molecule has 9 nitrogen and oxygen atoms in total. The Balaban J connectivity index is 0. The molecule has 0 saturated carbocycles. The van der Waals surface area contributed by atoms with Crippen LogP contribution in [-0.2, 0) is 0 Å². The van der Waals surface area contributed by atoms with Gasteiger partial charge in [-0.1, -0.05) is 6.07 Å². The third kappa shape index (κ3) is 7.41. The topological polar surface area (TPSA) is 166 Å². The van der Waals surface area contributed by atoms with Gasteiger partial charge < -0.3 is 22.9 Å². The van der Waals surface area contributed by atoms with Crippen molar-refractivity contribution in [2.24, 2.45) is 43.3 Å². The van der Waals surface area contributed by atoms with Crippen molar-refractivity contribution in [2.45, 2.75) is 13.8 Å². The van der Waals surface area contributed by atoms with Crippen molar-refractivity contribution in [3.8, 4) is 0 Å². The molecule has 0 amide bonds. The third-order valence-corrected chi connectivity index (χ3v) is 2.12. The van der Waals surface area contributed by atoms with E-state index in [4.69, 9.17) is 22.9 Å². The Morgan fingerprint density at radius 2 is 1.14 bits per heavy atom. The van der Waals surface area contributed by atoms with E-state index in [1.807, 2.05) is 0 Å². The van der Waals surface area contributed by atoms with E-state index in [1.54, 1.807) is 32.0 Å². The number of aromatic nitrogens is 1. The molecule has 0 aliphatic carbocycles. The van der Waals surface area contributed by atoms with Gasteiger partial charge in [-0.2, -0.15) is 10.2 Å². The summed E-state index contributed by atoms with van der Waals surface area (Å²) in [6.07, 6.45) is 0. The van der Waals surface area contributed by atoms with Crippen molar-refractivity contribution in [3.05, 3.63) is 29.6 Å². The van der Waals surface area contributed by atoms with E-state index in [0.717, 1.165) is 0 Å². The number of guanidine groups is 2. The molecule has 0 aliphatic rings. The molecule has 0 aromatic carbocycles. The highest BCUT2D eigenvalue weighted by Crippen LogP contribution is 2.03. The molecule has 22 heavy (non-hydrogen) atoms. The first-order valence-electron chi connectivity index (χ1n) is 5.64. The fourth-order valence-electron chi connectivity index (χ4n) is 1.21. The first kappa shape index (κ1) is 21.9. The summed E-state index contributed by atoms with van der Waals surface area (Å²) < 4.78 is 0. The predicted octanol–water partition coefficient (Wildman–Crippen LogP) is -0.0800. The summed E-state index contributed by atoms with van der Waals surface area (Å²) in [6.45, 7) is 3.47. The zero-order chi connectivity index (χ0) is 15.1. The zero-order valence-electron chi connectivity index (χ0n) is 12.1. The number of halogens is 2. The van der Waals surface area contributed by atoms with Crippen LogP contribution < -0.4 is 22.9 Å². The molecule has 11 heteroatoms. The lowest BCUT2D eigenvalue weighted by Gasteiger charge is -2.02. The van der Waals surface area contributed by atoms with E-state index >= 15 is 0 Å². The van der Waals surface area contributed by atoms with Crippen LogP contribution >= 0.6 is 24.8 Å². The number of nitrogens with zero attached hydrogens (tertiary/aromatic N) is 5. The summed E-state index contributed by atoms with van der Waals surface area (Å²) in [5.74, 6) is -0.239. The van der Waals surface area contributed by atoms with E-state index in [2.05, 4.69) is 25.4 Å². The summed E-state index contributed by atoms with van der Waals surface area (Å²) in [5.41, 5.74) is 23.2. The fraction of sp³-hybridized carbons (Fsp3) is 0.182. The van der Waals surface area contributed by atoms with Crippen LogP contribution in [0.25, 0.3) is 0 Å². The summed E-state index contributed by atoms with van der Waals surface area (Å²) in [4.78, 5) is 4.37. The summed E-state index contributed by atoms with van der Waals surface area (Å²) >= 11 is 0. The molecule has 1 rings (SSSR count). The Labute approximate surface area is 140 Å². The molecule has 0 fully saturated rings. The Kier molecular flexibility index (Phi) is 10.3. The summed E-state index contributed by atoms with van der Waals surface area (Å²) in [5, 5.41) is 14.8. The zero-order valence-corrected chi connectivity index (χ0v) is 13.7. The lowest BCUT2D eigenvalue weighted by Crippen LogP contribution is -2.22. The van der Waals surface area contributed by atoms with Crippen molar-refractivity contribution in [1.82, 2.24) is 4.98 Å². The van der Waals surface area contributed by atoms with E-state index in [-0.39, 0.29) is 36.7 Å². The number of rotatable bonds is 4. The molecule has 0 radical (unpaired) electrons. The van der Waals surface area contributed by atoms with Crippen molar-refractivity contribution in [2.75, 3.05) is 0 Å². The molecule has 0 aliphatic heterocycles. The number of hydrogen-bond donors (Lipinski definition) is 4. The largest absolute Gasteiger partial charge is 0.369 e. The van der Waals surface area contributed by atoms with Crippen LogP contribution in [0, 0.1) is 0 Å². The van der Waals surface area contributed by atoms with Crippen molar-refractivity contribution >= 4 is 48.2 Å². The highest BCUT2D eigenvalue weighted by Gasteiger charge is 2.04.